The number of carbonyl (C=O) groups excluding carboxylic acids is 1. The summed E-state index contributed by atoms with van der Waals surface area (Å²) in [4.78, 5) is 21.0. The molecule has 0 saturated carbocycles. The van der Waals surface area contributed by atoms with E-state index in [-0.39, 0.29) is 12.3 Å². The predicted octanol–water partition coefficient (Wildman–Crippen LogP) is 1.94. The summed E-state index contributed by atoms with van der Waals surface area (Å²) in [6.45, 7) is 0. The highest BCUT2D eigenvalue weighted by Crippen LogP contribution is 2.08. The predicted molar refractivity (Wildman–Crippen MR) is 58.6 cm³/mol. The molecule has 0 unspecified atom stereocenters. The average molecular weight is 215 g/mol. The molecule has 2 N–H and O–H groups in total. The highest BCUT2D eigenvalue weighted by atomic mass is 16.4. The Morgan fingerprint density at radius 2 is 1.40 bits per heavy atom. The van der Waals surface area contributed by atoms with Crippen LogP contribution in [0.15, 0.2) is 0 Å². The summed E-state index contributed by atoms with van der Waals surface area (Å²) < 4.78 is 0. The van der Waals surface area contributed by atoms with Crippen molar-refractivity contribution in [1.29, 1.82) is 0 Å². The van der Waals surface area contributed by atoms with Crippen molar-refractivity contribution in [1.82, 2.24) is 5.32 Å². The molecule has 0 aliphatic heterocycles. The van der Waals surface area contributed by atoms with E-state index in [2.05, 4.69) is 5.32 Å². The fourth-order valence-electron chi connectivity index (χ4n) is 1.39. The van der Waals surface area contributed by atoms with Gasteiger partial charge < -0.3 is 10.4 Å². The van der Waals surface area contributed by atoms with Gasteiger partial charge in [-0.25, -0.2) is 0 Å². The highest BCUT2D eigenvalue weighted by molar-refractivity contribution is 5.75. The van der Waals surface area contributed by atoms with Crippen LogP contribution in [0.2, 0.25) is 0 Å². The largest absolute Gasteiger partial charge is 0.481 e. The Labute approximate surface area is 91.1 Å². The molecule has 0 atom stereocenters. The third-order valence-electron chi connectivity index (χ3n) is 2.32. The monoisotopic (exact) mass is 215 g/mol. The number of nitrogens with one attached hydrogen (secondary N) is 1. The third-order valence-corrected chi connectivity index (χ3v) is 2.32. The molecule has 0 heterocycles. The second-order valence-electron chi connectivity index (χ2n) is 3.69. The molecule has 0 aromatic carbocycles. The van der Waals surface area contributed by atoms with Crippen molar-refractivity contribution >= 4 is 11.9 Å². The quantitative estimate of drug-likeness (QED) is 0.578. The van der Waals surface area contributed by atoms with Crippen molar-refractivity contribution < 1.29 is 14.7 Å². The zero-order valence-corrected chi connectivity index (χ0v) is 9.42. The molecule has 0 bridgehead atoms. The van der Waals surface area contributed by atoms with Crippen LogP contribution in [0.4, 0.5) is 0 Å². The summed E-state index contributed by atoms with van der Waals surface area (Å²) in [5.41, 5.74) is 0. The molecular formula is C11H21NO3. The van der Waals surface area contributed by atoms with E-state index in [9.17, 15) is 9.59 Å². The topological polar surface area (TPSA) is 66.4 Å². The maximum atomic E-state index is 10.8. The minimum absolute atomic E-state index is 0.0980. The molecule has 4 nitrogen and oxygen atoms in total. The lowest BCUT2D eigenvalue weighted by molar-refractivity contribution is -0.137. The number of carboxylic acid groups (broad SMARTS) is 1. The third kappa shape index (κ3) is 10.9. The van der Waals surface area contributed by atoms with Gasteiger partial charge in [0.15, 0.2) is 0 Å². The van der Waals surface area contributed by atoms with E-state index in [1.165, 1.54) is 0 Å². The zero-order valence-electron chi connectivity index (χ0n) is 9.42. The Balaban J connectivity index is 3.05. The minimum atomic E-state index is -0.713. The maximum Gasteiger partial charge on any atom is 0.303 e. The van der Waals surface area contributed by atoms with Crippen LogP contribution in [-0.2, 0) is 9.59 Å². The number of rotatable bonds is 9. The second kappa shape index (κ2) is 9.49. The van der Waals surface area contributed by atoms with Crippen molar-refractivity contribution in [3.8, 4) is 0 Å². The van der Waals surface area contributed by atoms with E-state index in [1.807, 2.05) is 0 Å². The molecule has 0 rings (SSSR count). The van der Waals surface area contributed by atoms with E-state index in [1.54, 1.807) is 7.05 Å². The Bertz CT molecular complexity index is 192. The molecule has 0 aliphatic rings. The fraction of sp³-hybridized carbons (Fsp3) is 0.818. The first-order valence-electron chi connectivity index (χ1n) is 5.59. The molecule has 0 fully saturated rings. The van der Waals surface area contributed by atoms with E-state index >= 15 is 0 Å². The standard InChI is InChI=1S/C11H21NO3/c1-12-10(13)8-6-4-2-3-5-7-9-11(14)15/h2-9H2,1H3,(H,12,13)(H,14,15). The van der Waals surface area contributed by atoms with Crippen LogP contribution in [0, 0.1) is 0 Å². The first-order valence-corrected chi connectivity index (χ1v) is 5.59. The number of hydrogen-bond donors (Lipinski definition) is 2. The van der Waals surface area contributed by atoms with Gasteiger partial charge in [-0.05, 0) is 12.8 Å². The Kier molecular flexibility index (Phi) is 8.82. The van der Waals surface area contributed by atoms with Gasteiger partial charge in [0.25, 0.3) is 0 Å². The molecule has 15 heavy (non-hydrogen) atoms. The first-order chi connectivity index (χ1) is 7.16. The molecule has 1 amide bonds. The Morgan fingerprint density at radius 1 is 0.933 bits per heavy atom. The normalized spacial score (nSPS) is 9.93. The van der Waals surface area contributed by atoms with Gasteiger partial charge in [-0.3, -0.25) is 9.59 Å². The van der Waals surface area contributed by atoms with Crippen molar-refractivity contribution in [3.05, 3.63) is 0 Å². The number of unbranched alkanes of at least 4 members (excludes halogenated alkanes) is 5. The van der Waals surface area contributed by atoms with Gasteiger partial charge in [0.2, 0.25) is 5.91 Å². The number of carboxylic acids is 1. The molecule has 88 valence electrons. The summed E-state index contributed by atoms with van der Waals surface area (Å²) >= 11 is 0. The molecule has 0 radical (unpaired) electrons. The van der Waals surface area contributed by atoms with E-state index in [0.717, 1.165) is 38.5 Å². The smallest absolute Gasteiger partial charge is 0.303 e. The number of hydrogen-bond acceptors (Lipinski definition) is 2. The van der Waals surface area contributed by atoms with Gasteiger partial charge in [-0.1, -0.05) is 25.7 Å². The van der Waals surface area contributed by atoms with Crippen molar-refractivity contribution in [2.24, 2.45) is 0 Å². The summed E-state index contributed by atoms with van der Waals surface area (Å²) in [6, 6.07) is 0. The first kappa shape index (κ1) is 13.9. The van der Waals surface area contributed by atoms with Crippen LogP contribution in [0.1, 0.15) is 51.4 Å². The molecule has 0 aliphatic carbocycles. The molecule has 0 aromatic rings. The fourth-order valence-corrected chi connectivity index (χ4v) is 1.39. The highest BCUT2D eigenvalue weighted by Gasteiger charge is 1.98. The minimum Gasteiger partial charge on any atom is -0.481 e. The summed E-state index contributed by atoms with van der Waals surface area (Å²) in [7, 11) is 1.65. The van der Waals surface area contributed by atoms with E-state index in [4.69, 9.17) is 5.11 Å². The number of carbonyl (C=O) groups is 2. The summed E-state index contributed by atoms with van der Waals surface area (Å²) in [5.74, 6) is -0.615. The van der Waals surface area contributed by atoms with Crippen LogP contribution < -0.4 is 5.32 Å². The maximum absolute atomic E-state index is 10.8. The van der Waals surface area contributed by atoms with Gasteiger partial charge in [-0.2, -0.15) is 0 Å². The van der Waals surface area contributed by atoms with Crippen molar-refractivity contribution in [3.63, 3.8) is 0 Å². The lowest BCUT2D eigenvalue weighted by Crippen LogP contribution is -2.16. The Morgan fingerprint density at radius 3 is 1.87 bits per heavy atom. The van der Waals surface area contributed by atoms with E-state index in [0.29, 0.717) is 6.42 Å². The number of aliphatic carboxylic acids is 1. The molecule has 4 heteroatoms. The summed E-state index contributed by atoms with van der Waals surface area (Å²) in [5, 5.41) is 11.0. The van der Waals surface area contributed by atoms with Gasteiger partial charge in [0.05, 0.1) is 0 Å². The van der Waals surface area contributed by atoms with Crippen molar-refractivity contribution in [2.75, 3.05) is 7.05 Å². The molecular weight excluding hydrogens is 194 g/mol. The SMILES string of the molecule is CNC(=O)CCCCCCCCC(=O)O. The lowest BCUT2D eigenvalue weighted by atomic mass is 10.1. The van der Waals surface area contributed by atoms with Crippen LogP contribution in [0.5, 0.6) is 0 Å². The van der Waals surface area contributed by atoms with Crippen LogP contribution in [-0.4, -0.2) is 24.0 Å². The molecule has 0 spiro atoms. The summed E-state index contributed by atoms with van der Waals surface area (Å²) in [6.07, 6.45) is 6.78. The average Bonchev–Trinajstić information content (AvgIpc) is 2.21. The Hall–Kier alpha value is -1.06. The lowest BCUT2D eigenvalue weighted by Gasteiger charge is -2.00. The van der Waals surface area contributed by atoms with Crippen LogP contribution in [0.3, 0.4) is 0 Å². The van der Waals surface area contributed by atoms with Gasteiger partial charge >= 0.3 is 5.97 Å². The molecule has 0 aromatic heterocycles. The van der Waals surface area contributed by atoms with Gasteiger partial charge in [0.1, 0.15) is 0 Å². The number of amides is 1. The van der Waals surface area contributed by atoms with E-state index < -0.39 is 5.97 Å². The van der Waals surface area contributed by atoms with Crippen LogP contribution in [0.25, 0.3) is 0 Å². The van der Waals surface area contributed by atoms with Gasteiger partial charge in [0, 0.05) is 19.9 Å². The van der Waals surface area contributed by atoms with Gasteiger partial charge in [-0.15, -0.1) is 0 Å². The molecule has 0 saturated heterocycles. The zero-order chi connectivity index (χ0) is 11.5. The second-order valence-corrected chi connectivity index (χ2v) is 3.69. The van der Waals surface area contributed by atoms with Crippen molar-refractivity contribution in [2.45, 2.75) is 51.4 Å². The van der Waals surface area contributed by atoms with Crippen LogP contribution >= 0.6 is 0 Å².